The zero-order valence-corrected chi connectivity index (χ0v) is 18.0. The maximum atomic E-state index is 11.9. The number of carbonyl (C=O) groups excluding carboxylic acids is 2. The second-order valence-electron chi connectivity index (χ2n) is 9.69. The van der Waals surface area contributed by atoms with Crippen molar-refractivity contribution in [2.75, 3.05) is 26.3 Å². The first-order chi connectivity index (χ1) is 14.5. The van der Waals surface area contributed by atoms with E-state index < -0.39 is 11.9 Å². The van der Waals surface area contributed by atoms with Gasteiger partial charge in [0.05, 0.1) is 13.2 Å². The third-order valence-corrected chi connectivity index (χ3v) is 7.60. The minimum atomic E-state index is -0.873. The van der Waals surface area contributed by atoms with Crippen LogP contribution in [0.3, 0.4) is 0 Å². The molecule has 30 heavy (non-hydrogen) atoms. The Morgan fingerprint density at radius 3 is 1.33 bits per heavy atom. The van der Waals surface area contributed by atoms with E-state index in [-0.39, 0.29) is 13.2 Å². The lowest BCUT2D eigenvalue weighted by molar-refractivity contribution is -0.168. The van der Waals surface area contributed by atoms with Crippen LogP contribution in [0.1, 0.15) is 64.2 Å². The molecule has 8 heteroatoms. The van der Waals surface area contributed by atoms with Crippen molar-refractivity contribution in [3.8, 4) is 0 Å². The number of nitrogens with zero attached hydrogens (tertiary/aromatic N) is 2. The van der Waals surface area contributed by atoms with E-state index in [2.05, 4.69) is 9.80 Å². The van der Waals surface area contributed by atoms with Crippen molar-refractivity contribution in [2.45, 2.75) is 100 Å². The van der Waals surface area contributed by atoms with Crippen LogP contribution in [0.2, 0.25) is 0 Å². The smallest absolute Gasteiger partial charge is 0.417 e. The van der Waals surface area contributed by atoms with Crippen molar-refractivity contribution < 1.29 is 19.1 Å². The zero-order chi connectivity index (χ0) is 21.1. The number of fused-ring (bicyclic) bond motifs is 4. The van der Waals surface area contributed by atoms with Gasteiger partial charge in [-0.3, -0.25) is 9.80 Å². The molecule has 4 N–H and O–H groups in total. The first kappa shape index (κ1) is 22.0. The first-order valence-corrected chi connectivity index (χ1v) is 11.9. The van der Waals surface area contributed by atoms with E-state index in [1.807, 2.05) is 0 Å². The summed E-state index contributed by atoms with van der Waals surface area (Å²) in [6.07, 6.45) is 10.6. The van der Waals surface area contributed by atoms with Crippen LogP contribution in [-0.4, -0.2) is 84.3 Å². The van der Waals surface area contributed by atoms with E-state index in [0.717, 1.165) is 51.6 Å². The van der Waals surface area contributed by atoms with Gasteiger partial charge in [-0.2, -0.15) is 0 Å². The highest BCUT2D eigenvalue weighted by Crippen LogP contribution is 2.35. The highest BCUT2D eigenvalue weighted by molar-refractivity contribution is 6.29. The summed E-state index contributed by atoms with van der Waals surface area (Å²) >= 11 is 0. The van der Waals surface area contributed by atoms with Crippen LogP contribution in [0.25, 0.3) is 0 Å². The average molecular weight is 423 g/mol. The molecule has 0 amide bonds. The number of hydrogen-bond acceptors (Lipinski definition) is 8. The molecule has 4 fully saturated rings. The number of esters is 2. The molecule has 0 aromatic rings. The molecule has 0 saturated carbocycles. The Hall–Kier alpha value is -1.22. The molecule has 8 nitrogen and oxygen atoms in total. The summed E-state index contributed by atoms with van der Waals surface area (Å²) in [4.78, 5) is 28.8. The van der Waals surface area contributed by atoms with Crippen LogP contribution in [0.15, 0.2) is 0 Å². The fourth-order valence-corrected chi connectivity index (χ4v) is 6.30. The summed E-state index contributed by atoms with van der Waals surface area (Å²) in [6.45, 7) is 2.30. The second-order valence-corrected chi connectivity index (χ2v) is 9.69. The number of ether oxygens (including phenoxy) is 2. The molecule has 4 rings (SSSR count). The summed E-state index contributed by atoms with van der Waals surface area (Å²) in [6, 6.07) is 2.95. The number of piperidine rings is 2. The normalized spacial score (nSPS) is 36.1. The molecule has 4 heterocycles. The zero-order valence-electron chi connectivity index (χ0n) is 18.0. The van der Waals surface area contributed by atoms with Crippen LogP contribution in [0.4, 0.5) is 0 Å². The molecule has 170 valence electrons. The van der Waals surface area contributed by atoms with E-state index in [4.69, 9.17) is 20.9 Å². The predicted octanol–water partition coefficient (Wildman–Crippen LogP) is 0.761. The van der Waals surface area contributed by atoms with Crippen LogP contribution in [0.5, 0.6) is 0 Å². The molecule has 4 atom stereocenters. The van der Waals surface area contributed by atoms with E-state index in [9.17, 15) is 9.59 Å². The summed E-state index contributed by atoms with van der Waals surface area (Å²) in [7, 11) is 0. The van der Waals surface area contributed by atoms with Crippen LogP contribution < -0.4 is 11.5 Å². The van der Waals surface area contributed by atoms with Crippen molar-refractivity contribution in [2.24, 2.45) is 11.5 Å². The molecular weight excluding hydrogens is 384 g/mol. The van der Waals surface area contributed by atoms with Gasteiger partial charge in [0.1, 0.15) is 0 Å². The van der Waals surface area contributed by atoms with Gasteiger partial charge in [-0.05, 0) is 64.2 Å². The quantitative estimate of drug-likeness (QED) is 0.335. The van der Waals surface area contributed by atoms with Gasteiger partial charge < -0.3 is 20.9 Å². The minimum Gasteiger partial charge on any atom is -0.457 e. The molecule has 4 unspecified atom stereocenters. The van der Waals surface area contributed by atoms with E-state index in [0.29, 0.717) is 36.3 Å². The molecular formula is C22H38N4O4. The summed E-state index contributed by atoms with van der Waals surface area (Å²) in [5, 5.41) is 0. The Balaban J connectivity index is 1.06. The second kappa shape index (κ2) is 9.94. The molecule has 0 spiro atoms. The maximum Gasteiger partial charge on any atom is 0.417 e. The average Bonchev–Trinajstić information content (AvgIpc) is 3.10. The van der Waals surface area contributed by atoms with Gasteiger partial charge in [0, 0.05) is 49.3 Å². The van der Waals surface area contributed by atoms with Gasteiger partial charge in [0.2, 0.25) is 0 Å². The Bertz CT molecular complexity index is 538. The van der Waals surface area contributed by atoms with Crippen LogP contribution in [0, 0.1) is 0 Å². The molecule has 0 radical (unpaired) electrons. The van der Waals surface area contributed by atoms with Crippen LogP contribution in [-0.2, 0) is 19.1 Å². The van der Waals surface area contributed by atoms with E-state index in [1.165, 1.54) is 25.7 Å². The monoisotopic (exact) mass is 422 g/mol. The maximum absolute atomic E-state index is 11.9. The van der Waals surface area contributed by atoms with Gasteiger partial charge >= 0.3 is 11.9 Å². The number of hydrogen-bond donors (Lipinski definition) is 2. The fourth-order valence-electron chi connectivity index (χ4n) is 6.30. The Morgan fingerprint density at radius 2 is 1.00 bits per heavy atom. The van der Waals surface area contributed by atoms with E-state index >= 15 is 0 Å². The minimum absolute atomic E-state index is 0.257. The lowest BCUT2D eigenvalue weighted by Gasteiger charge is -2.37. The topological polar surface area (TPSA) is 111 Å². The van der Waals surface area contributed by atoms with Gasteiger partial charge in [0.25, 0.3) is 0 Å². The van der Waals surface area contributed by atoms with Crippen LogP contribution >= 0.6 is 0 Å². The molecule has 4 aliphatic rings. The third kappa shape index (κ3) is 5.15. The third-order valence-electron chi connectivity index (χ3n) is 7.60. The summed E-state index contributed by atoms with van der Waals surface area (Å²) < 4.78 is 10.2. The van der Waals surface area contributed by atoms with Crippen molar-refractivity contribution >= 4 is 11.9 Å². The lowest BCUT2D eigenvalue weighted by Crippen LogP contribution is -2.47. The molecule has 4 saturated heterocycles. The lowest BCUT2D eigenvalue weighted by atomic mass is 9.98. The van der Waals surface area contributed by atoms with Crippen molar-refractivity contribution in [1.29, 1.82) is 0 Å². The number of rotatable bonds is 8. The SMILES string of the molecule is NC1CC2CCC(C1)N2CCCOC(=O)C(=O)OCCCN1C2CCC1CC(N)C2. The highest BCUT2D eigenvalue weighted by atomic mass is 16.6. The number of carbonyl (C=O) groups is 2. The fraction of sp³-hybridized carbons (Fsp3) is 0.909. The van der Waals surface area contributed by atoms with Gasteiger partial charge in [-0.25, -0.2) is 9.59 Å². The van der Waals surface area contributed by atoms with E-state index in [1.54, 1.807) is 0 Å². The van der Waals surface area contributed by atoms with Crippen molar-refractivity contribution in [3.63, 3.8) is 0 Å². The molecule has 4 aliphatic heterocycles. The molecule has 0 aliphatic carbocycles. The van der Waals surface area contributed by atoms with Gasteiger partial charge in [-0.1, -0.05) is 0 Å². The molecule has 0 aromatic heterocycles. The Kier molecular flexibility index (Phi) is 7.28. The first-order valence-electron chi connectivity index (χ1n) is 11.9. The van der Waals surface area contributed by atoms with Gasteiger partial charge in [-0.15, -0.1) is 0 Å². The predicted molar refractivity (Wildman–Crippen MR) is 113 cm³/mol. The summed E-state index contributed by atoms with van der Waals surface area (Å²) in [5.74, 6) is -1.75. The molecule has 4 bridgehead atoms. The van der Waals surface area contributed by atoms with Gasteiger partial charge in [0.15, 0.2) is 0 Å². The standard InChI is InChI=1S/C22H38N4O4/c23-15-11-17-3-4-18(12-15)25(17)7-1-9-29-21(27)22(28)30-10-2-8-26-19-5-6-20(26)14-16(24)13-19/h15-20H,1-14,23-24H2. The summed E-state index contributed by atoms with van der Waals surface area (Å²) in [5.41, 5.74) is 12.2. The Labute approximate surface area is 179 Å². The Morgan fingerprint density at radius 1 is 0.667 bits per heavy atom. The van der Waals surface area contributed by atoms with Crippen molar-refractivity contribution in [1.82, 2.24) is 9.80 Å². The highest BCUT2D eigenvalue weighted by Gasteiger charge is 2.40. The molecule has 0 aromatic carbocycles. The largest absolute Gasteiger partial charge is 0.457 e. The van der Waals surface area contributed by atoms with Crippen molar-refractivity contribution in [3.05, 3.63) is 0 Å². The number of nitrogens with two attached hydrogens (primary N) is 2.